The molecule has 2 heterocycles. The summed E-state index contributed by atoms with van der Waals surface area (Å²) < 4.78 is 0. The van der Waals surface area contributed by atoms with E-state index < -0.39 is 5.54 Å². The maximum absolute atomic E-state index is 13.7. The largest absolute Gasteiger partial charge is 0.355 e. The molecule has 1 N–H and O–H groups in total. The van der Waals surface area contributed by atoms with Crippen LogP contribution in [0.25, 0.3) is 0 Å². The monoisotopic (exact) mass is 468 g/mol. The van der Waals surface area contributed by atoms with Crippen molar-refractivity contribution < 1.29 is 14.4 Å². The molecule has 1 spiro atoms. The van der Waals surface area contributed by atoms with Crippen molar-refractivity contribution in [2.45, 2.75) is 76.7 Å². The number of nitrogens with one attached hydrogen (secondary N) is 1. The molecule has 0 atom stereocenters. The SMILES string of the molecule is CCCCNC(=O)CN1CN(c2ccccc2)C2(CCN(C(=O)CCC3CCCC3)CC2)C1=O. The second-order valence-corrected chi connectivity index (χ2v) is 10.2. The van der Waals surface area contributed by atoms with Crippen molar-refractivity contribution in [3.8, 4) is 0 Å². The van der Waals surface area contributed by atoms with Gasteiger partial charge in [0.25, 0.3) is 5.91 Å². The van der Waals surface area contributed by atoms with Gasteiger partial charge in [0.1, 0.15) is 12.1 Å². The number of likely N-dealkylation sites (tertiary alicyclic amines) is 1. The smallest absolute Gasteiger partial charge is 0.250 e. The molecular formula is C27H40N4O3. The standard InChI is InChI=1S/C27H40N4O3/c1-2-3-17-28-24(32)20-30-21-31(23-11-5-4-6-12-23)27(26(30)34)15-18-29(19-16-27)25(33)14-13-22-9-7-8-10-22/h4-6,11-12,22H,2-3,7-10,13-21H2,1H3,(H,28,32). The molecule has 0 aromatic heterocycles. The minimum atomic E-state index is -0.687. The van der Waals surface area contributed by atoms with Crippen LogP contribution in [0.5, 0.6) is 0 Å². The van der Waals surface area contributed by atoms with Crippen LogP contribution >= 0.6 is 0 Å². The molecule has 1 aromatic carbocycles. The van der Waals surface area contributed by atoms with Crippen molar-refractivity contribution in [3.63, 3.8) is 0 Å². The van der Waals surface area contributed by atoms with E-state index in [9.17, 15) is 14.4 Å². The van der Waals surface area contributed by atoms with Crippen LogP contribution in [0.15, 0.2) is 30.3 Å². The van der Waals surface area contributed by atoms with Gasteiger partial charge < -0.3 is 20.0 Å². The van der Waals surface area contributed by atoms with Gasteiger partial charge in [0.15, 0.2) is 0 Å². The quantitative estimate of drug-likeness (QED) is 0.563. The summed E-state index contributed by atoms with van der Waals surface area (Å²) in [6.45, 7) is 4.40. The number of piperidine rings is 1. The van der Waals surface area contributed by atoms with E-state index in [4.69, 9.17) is 0 Å². The molecule has 0 unspecified atom stereocenters. The summed E-state index contributed by atoms with van der Waals surface area (Å²) in [5, 5.41) is 2.93. The Kier molecular flexibility index (Phi) is 8.11. The highest BCUT2D eigenvalue weighted by Gasteiger charge is 2.54. The number of hydrogen-bond donors (Lipinski definition) is 1. The van der Waals surface area contributed by atoms with Crippen molar-refractivity contribution in [1.29, 1.82) is 0 Å². The first-order valence-electron chi connectivity index (χ1n) is 13.2. The van der Waals surface area contributed by atoms with Gasteiger partial charge in [0.05, 0.1) is 6.67 Å². The maximum Gasteiger partial charge on any atom is 0.250 e. The lowest BCUT2D eigenvalue weighted by Gasteiger charge is -2.43. The van der Waals surface area contributed by atoms with Gasteiger partial charge in [-0.05, 0) is 43.7 Å². The Morgan fingerprint density at radius 2 is 1.79 bits per heavy atom. The van der Waals surface area contributed by atoms with Crippen LogP contribution in [0.1, 0.15) is 71.1 Å². The number of carbonyl (C=O) groups is 3. The van der Waals surface area contributed by atoms with Crippen molar-refractivity contribution in [1.82, 2.24) is 15.1 Å². The molecule has 1 aliphatic carbocycles. The Morgan fingerprint density at radius 3 is 2.47 bits per heavy atom. The number of unbranched alkanes of at least 4 members (excludes halogenated alkanes) is 1. The third-order valence-corrected chi connectivity index (χ3v) is 7.95. The molecule has 3 fully saturated rings. The molecule has 3 aliphatic rings. The van der Waals surface area contributed by atoms with Crippen LogP contribution in [0.4, 0.5) is 5.69 Å². The normalized spacial score (nSPS) is 20.4. The predicted molar refractivity (Wildman–Crippen MR) is 133 cm³/mol. The third kappa shape index (κ3) is 5.39. The first-order chi connectivity index (χ1) is 16.5. The summed E-state index contributed by atoms with van der Waals surface area (Å²) in [4.78, 5) is 44.9. The van der Waals surface area contributed by atoms with E-state index in [1.165, 1.54) is 25.7 Å². The molecule has 0 radical (unpaired) electrons. The predicted octanol–water partition coefficient (Wildman–Crippen LogP) is 3.54. The van der Waals surface area contributed by atoms with E-state index in [-0.39, 0.29) is 24.3 Å². The highest BCUT2D eigenvalue weighted by molar-refractivity contribution is 5.96. The van der Waals surface area contributed by atoms with Gasteiger partial charge in [-0.3, -0.25) is 14.4 Å². The van der Waals surface area contributed by atoms with E-state index >= 15 is 0 Å². The molecule has 4 rings (SSSR count). The summed E-state index contributed by atoms with van der Waals surface area (Å²) in [6.07, 6.45) is 9.90. The molecule has 7 nitrogen and oxygen atoms in total. The van der Waals surface area contributed by atoms with E-state index in [2.05, 4.69) is 17.1 Å². The number of para-hydroxylation sites is 1. The Labute approximate surface area is 203 Å². The summed E-state index contributed by atoms with van der Waals surface area (Å²) in [6, 6.07) is 9.99. The zero-order valence-corrected chi connectivity index (χ0v) is 20.6. The molecule has 0 bridgehead atoms. The molecular weight excluding hydrogens is 428 g/mol. The van der Waals surface area contributed by atoms with Gasteiger partial charge in [0.2, 0.25) is 11.8 Å². The van der Waals surface area contributed by atoms with Crippen molar-refractivity contribution >= 4 is 23.4 Å². The Balaban J connectivity index is 1.42. The molecule has 34 heavy (non-hydrogen) atoms. The molecule has 1 saturated carbocycles. The number of nitrogens with zero attached hydrogens (tertiary/aromatic N) is 3. The maximum atomic E-state index is 13.7. The van der Waals surface area contributed by atoms with Crippen LogP contribution in [0, 0.1) is 5.92 Å². The van der Waals surface area contributed by atoms with Gasteiger partial charge in [-0.1, -0.05) is 57.2 Å². The van der Waals surface area contributed by atoms with Crippen LogP contribution in [0.2, 0.25) is 0 Å². The van der Waals surface area contributed by atoms with E-state index in [0.29, 0.717) is 51.5 Å². The van der Waals surface area contributed by atoms with Gasteiger partial charge in [-0.15, -0.1) is 0 Å². The zero-order valence-electron chi connectivity index (χ0n) is 20.6. The summed E-state index contributed by atoms with van der Waals surface area (Å²) in [5.74, 6) is 0.846. The summed E-state index contributed by atoms with van der Waals surface area (Å²) in [7, 11) is 0. The van der Waals surface area contributed by atoms with Crippen LogP contribution < -0.4 is 10.2 Å². The lowest BCUT2D eigenvalue weighted by atomic mass is 9.85. The first kappa shape index (κ1) is 24.6. The molecule has 7 heteroatoms. The highest BCUT2D eigenvalue weighted by Crippen LogP contribution is 2.39. The van der Waals surface area contributed by atoms with Gasteiger partial charge in [-0.25, -0.2) is 0 Å². The minimum absolute atomic E-state index is 0.0139. The number of benzene rings is 1. The molecule has 2 aliphatic heterocycles. The average molecular weight is 469 g/mol. The molecule has 1 aromatic rings. The van der Waals surface area contributed by atoms with Crippen molar-refractivity contribution in [3.05, 3.63) is 30.3 Å². The van der Waals surface area contributed by atoms with Gasteiger partial charge >= 0.3 is 0 Å². The van der Waals surface area contributed by atoms with E-state index in [0.717, 1.165) is 24.9 Å². The molecule has 3 amide bonds. The molecule has 186 valence electrons. The topological polar surface area (TPSA) is 73.0 Å². The minimum Gasteiger partial charge on any atom is -0.355 e. The van der Waals surface area contributed by atoms with Crippen LogP contribution in [-0.2, 0) is 14.4 Å². The number of hydrogen-bond acceptors (Lipinski definition) is 4. The van der Waals surface area contributed by atoms with Crippen LogP contribution in [0.3, 0.4) is 0 Å². The Hall–Kier alpha value is -2.57. The first-order valence-corrected chi connectivity index (χ1v) is 13.2. The van der Waals surface area contributed by atoms with Gasteiger partial charge in [0, 0.05) is 31.7 Å². The van der Waals surface area contributed by atoms with Crippen LogP contribution in [-0.4, -0.2) is 65.9 Å². The summed E-state index contributed by atoms with van der Waals surface area (Å²) in [5.41, 5.74) is 0.304. The number of anilines is 1. The van der Waals surface area contributed by atoms with Crippen molar-refractivity contribution in [2.24, 2.45) is 5.92 Å². The lowest BCUT2D eigenvalue weighted by Crippen LogP contribution is -2.57. The third-order valence-electron chi connectivity index (χ3n) is 7.95. The Bertz CT molecular complexity index is 845. The Morgan fingerprint density at radius 1 is 1.09 bits per heavy atom. The fourth-order valence-corrected chi connectivity index (χ4v) is 5.87. The lowest BCUT2D eigenvalue weighted by molar-refractivity contribution is -0.140. The second-order valence-electron chi connectivity index (χ2n) is 10.2. The number of rotatable bonds is 9. The second kappa shape index (κ2) is 11.2. The van der Waals surface area contributed by atoms with E-state index in [1.54, 1.807) is 4.90 Å². The number of carbonyl (C=O) groups excluding carboxylic acids is 3. The van der Waals surface area contributed by atoms with Crippen molar-refractivity contribution in [2.75, 3.05) is 37.7 Å². The molecule has 2 saturated heterocycles. The number of amides is 3. The fourth-order valence-electron chi connectivity index (χ4n) is 5.87. The zero-order chi connectivity index (χ0) is 24.0. The van der Waals surface area contributed by atoms with Gasteiger partial charge in [-0.2, -0.15) is 0 Å². The highest BCUT2D eigenvalue weighted by atomic mass is 16.2. The van der Waals surface area contributed by atoms with E-state index in [1.807, 2.05) is 35.2 Å². The average Bonchev–Trinajstić information content (AvgIpc) is 3.47. The summed E-state index contributed by atoms with van der Waals surface area (Å²) >= 11 is 0. The fraction of sp³-hybridized carbons (Fsp3) is 0.667.